The van der Waals surface area contributed by atoms with Crippen molar-refractivity contribution < 1.29 is 23.4 Å². The molecule has 2 aromatic carbocycles. The fourth-order valence-corrected chi connectivity index (χ4v) is 4.99. The third kappa shape index (κ3) is 3.55. The first-order valence-electron chi connectivity index (χ1n) is 11.3. The van der Waals surface area contributed by atoms with Crippen molar-refractivity contribution in [1.82, 2.24) is 9.58 Å². The number of aromatic hydroxyl groups is 1. The maximum atomic E-state index is 15.1. The van der Waals surface area contributed by atoms with E-state index in [9.17, 15) is 19.1 Å². The minimum atomic E-state index is -1.11. The molecule has 3 heterocycles. The molecule has 0 saturated heterocycles. The number of pyridine rings is 1. The van der Waals surface area contributed by atoms with Gasteiger partial charge in [-0.05, 0) is 36.6 Å². The molecule has 1 spiro atoms. The number of carbonyl (C=O) groups is 1. The number of hydrogen-bond donors (Lipinski definition) is 1. The summed E-state index contributed by atoms with van der Waals surface area (Å²) >= 11 is 0. The van der Waals surface area contributed by atoms with Gasteiger partial charge in [-0.15, -0.1) is 0 Å². The number of benzene rings is 2. The van der Waals surface area contributed by atoms with Gasteiger partial charge in [0, 0.05) is 17.8 Å². The quantitative estimate of drug-likeness (QED) is 0.506. The van der Waals surface area contributed by atoms with Crippen LogP contribution < -0.4 is 15.2 Å². The van der Waals surface area contributed by atoms with E-state index in [0.29, 0.717) is 18.4 Å². The summed E-state index contributed by atoms with van der Waals surface area (Å²) in [6.45, 7) is 0.0607. The maximum absolute atomic E-state index is 15.1. The van der Waals surface area contributed by atoms with Crippen LogP contribution in [0.4, 0.5) is 8.78 Å². The van der Waals surface area contributed by atoms with Gasteiger partial charge < -0.3 is 14.7 Å². The van der Waals surface area contributed by atoms with Crippen molar-refractivity contribution in [3.8, 4) is 11.5 Å². The second-order valence-electron chi connectivity index (χ2n) is 8.95. The molecule has 6 rings (SSSR count). The largest absolute Gasteiger partial charge is 0.502 e. The number of halogens is 2. The Kier molecular flexibility index (Phi) is 5.78. The van der Waals surface area contributed by atoms with Gasteiger partial charge in [0.1, 0.15) is 19.3 Å². The lowest BCUT2D eigenvalue weighted by atomic mass is 9.96. The third-order valence-corrected chi connectivity index (χ3v) is 6.90. The lowest BCUT2D eigenvalue weighted by molar-refractivity contribution is 0.0606. The van der Waals surface area contributed by atoms with E-state index in [1.807, 2.05) is 36.4 Å². The first-order valence-corrected chi connectivity index (χ1v) is 11.3. The molecule has 1 saturated carbocycles. The molecule has 2 bridgehead atoms. The Labute approximate surface area is 212 Å². The molecule has 186 valence electrons. The summed E-state index contributed by atoms with van der Waals surface area (Å²) in [6.07, 6.45) is 6.31. The summed E-state index contributed by atoms with van der Waals surface area (Å²) in [4.78, 5) is 27.5. The monoisotopic (exact) mass is 511 g/mol. The Morgan fingerprint density at radius 1 is 1.03 bits per heavy atom. The Bertz CT molecular complexity index is 1440. The number of fused-ring (bicyclic) bond motifs is 6. The molecule has 10 heteroatoms. The van der Waals surface area contributed by atoms with E-state index in [4.69, 9.17) is 4.74 Å². The second kappa shape index (κ2) is 8.70. The molecule has 7 nitrogen and oxygen atoms in total. The number of amides is 1. The van der Waals surface area contributed by atoms with E-state index in [0.717, 1.165) is 11.6 Å². The van der Waals surface area contributed by atoms with Crippen LogP contribution in [0.1, 0.15) is 40.5 Å². The predicted molar refractivity (Wildman–Crippen MR) is 133 cm³/mol. The number of hydrogen-bond acceptors (Lipinski definition) is 5. The van der Waals surface area contributed by atoms with Gasteiger partial charge in [0.15, 0.2) is 23.0 Å². The van der Waals surface area contributed by atoms with Crippen molar-refractivity contribution in [2.45, 2.75) is 24.4 Å². The lowest BCUT2D eigenvalue weighted by Crippen LogP contribution is -2.58. The van der Waals surface area contributed by atoms with Crippen LogP contribution >= 0.6 is 13.5 Å². The summed E-state index contributed by atoms with van der Waals surface area (Å²) in [5.74, 6) is -3.51. The first kappa shape index (κ1) is 23.9. The van der Waals surface area contributed by atoms with Gasteiger partial charge in [-0.2, -0.15) is 17.9 Å². The molecule has 1 aromatic heterocycles. The number of aromatic nitrogens is 1. The van der Waals surface area contributed by atoms with E-state index < -0.39 is 40.3 Å². The molecule has 1 fully saturated rings. The van der Waals surface area contributed by atoms with Crippen LogP contribution in [-0.4, -0.2) is 39.4 Å². The van der Waals surface area contributed by atoms with Crippen LogP contribution in [0.5, 0.6) is 11.5 Å². The molecular weight excluding hydrogens is 488 g/mol. The zero-order chi connectivity index (χ0) is 24.3. The lowest BCUT2D eigenvalue weighted by Gasteiger charge is -2.46. The SMILES string of the molecule is O=C1c2c(O)c(=O)ccn2N2CN1C1(/C=C/COc3c(ccc(F)c3F)[C@@H]2c2ccccc2)CC1.S. The number of rotatable bonds is 1. The van der Waals surface area contributed by atoms with Crippen molar-refractivity contribution in [2.75, 3.05) is 18.3 Å². The molecule has 1 amide bonds. The Morgan fingerprint density at radius 2 is 1.78 bits per heavy atom. The number of nitrogens with zero attached hydrogens (tertiary/aromatic N) is 3. The van der Waals surface area contributed by atoms with Gasteiger partial charge in [0.05, 0.1) is 5.54 Å². The fraction of sp³-hybridized carbons (Fsp3) is 0.231. The van der Waals surface area contributed by atoms with E-state index in [1.54, 1.807) is 16.0 Å². The van der Waals surface area contributed by atoms with Gasteiger partial charge in [-0.25, -0.2) is 4.39 Å². The predicted octanol–water partition coefficient (Wildman–Crippen LogP) is 3.57. The number of carbonyl (C=O) groups excluding carboxylic acids is 1. The number of ether oxygens (including phenoxy) is 1. The molecule has 3 aliphatic rings. The highest BCUT2D eigenvalue weighted by atomic mass is 32.1. The van der Waals surface area contributed by atoms with Crippen LogP contribution in [0.25, 0.3) is 0 Å². The molecule has 2 aliphatic heterocycles. The summed E-state index contributed by atoms with van der Waals surface area (Å²) in [7, 11) is 0. The van der Waals surface area contributed by atoms with Crippen molar-refractivity contribution >= 4 is 19.4 Å². The van der Waals surface area contributed by atoms with Crippen LogP contribution in [0.15, 0.2) is 71.7 Å². The zero-order valence-electron chi connectivity index (χ0n) is 19.0. The summed E-state index contributed by atoms with van der Waals surface area (Å²) in [5.41, 5.74) is -0.408. The van der Waals surface area contributed by atoms with Crippen molar-refractivity contribution in [2.24, 2.45) is 0 Å². The van der Waals surface area contributed by atoms with Gasteiger partial charge in [-0.1, -0.05) is 36.4 Å². The van der Waals surface area contributed by atoms with Crippen LogP contribution in [0, 0.1) is 11.6 Å². The van der Waals surface area contributed by atoms with Gasteiger partial charge in [0.2, 0.25) is 11.2 Å². The molecule has 3 aromatic rings. The summed E-state index contributed by atoms with van der Waals surface area (Å²) in [5, 5.41) is 12.4. The highest BCUT2D eigenvalue weighted by molar-refractivity contribution is 7.59. The van der Waals surface area contributed by atoms with Gasteiger partial charge >= 0.3 is 0 Å². The standard InChI is InChI=1S/C26H21F2N3O4.H2S/c27-18-8-7-17-21(16-5-2-1-3-6-16)31-15-29(25(34)22-23(33)19(32)9-13-30(22)31)26(11-12-26)10-4-14-35-24(17)20(18)28;/h1-10,13,21,33H,11-12,14-15H2;1H2/b10-4+;/t21-;/m0./s1. The molecule has 1 aliphatic carbocycles. The van der Waals surface area contributed by atoms with Crippen LogP contribution in [0.3, 0.4) is 0 Å². The fourth-order valence-electron chi connectivity index (χ4n) is 4.99. The Morgan fingerprint density at radius 3 is 2.50 bits per heavy atom. The Balaban J connectivity index is 0.00000267. The van der Waals surface area contributed by atoms with Gasteiger partial charge in [-0.3, -0.25) is 19.3 Å². The highest BCUT2D eigenvalue weighted by Crippen LogP contribution is 2.47. The third-order valence-electron chi connectivity index (χ3n) is 6.90. The first-order chi connectivity index (χ1) is 16.9. The molecular formula is C26H23F2N3O4S. The molecule has 1 N–H and O–H groups in total. The van der Waals surface area contributed by atoms with Crippen molar-refractivity contribution in [1.29, 1.82) is 0 Å². The normalized spacial score (nSPS) is 20.4. The molecule has 0 unspecified atom stereocenters. The van der Waals surface area contributed by atoms with E-state index >= 15 is 4.39 Å². The van der Waals surface area contributed by atoms with Gasteiger partial charge in [0.25, 0.3) is 5.91 Å². The van der Waals surface area contributed by atoms with Crippen molar-refractivity contribution in [3.05, 3.63) is 106 Å². The second-order valence-corrected chi connectivity index (χ2v) is 8.95. The average Bonchev–Trinajstić information content (AvgIpc) is 3.65. The van der Waals surface area contributed by atoms with Crippen LogP contribution in [0.2, 0.25) is 0 Å². The maximum Gasteiger partial charge on any atom is 0.278 e. The topological polar surface area (TPSA) is 75.0 Å². The summed E-state index contributed by atoms with van der Waals surface area (Å²) in [6, 6.07) is 12.1. The van der Waals surface area contributed by atoms with Crippen molar-refractivity contribution in [3.63, 3.8) is 0 Å². The van der Waals surface area contributed by atoms with E-state index in [1.165, 1.54) is 23.0 Å². The minimum Gasteiger partial charge on any atom is -0.502 e. The molecule has 0 radical (unpaired) electrons. The van der Waals surface area contributed by atoms with E-state index in [-0.39, 0.29) is 38.2 Å². The molecule has 36 heavy (non-hydrogen) atoms. The van der Waals surface area contributed by atoms with Crippen LogP contribution in [-0.2, 0) is 0 Å². The Hall–Kier alpha value is -3.79. The van der Waals surface area contributed by atoms with E-state index in [2.05, 4.69) is 0 Å². The highest BCUT2D eigenvalue weighted by Gasteiger charge is 2.52. The smallest absolute Gasteiger partial charge is 0.278 e. The molecule has 1 atom stereocenters. The summed E-state index contributed by atoms with van der Waals surface area (Å²) < 4.78 is 36.6. The minimum absolute atomic E-state index is 0. The zero-order valence-corrected chi connectivity index (χ0v) is 20.0. The average molecular weight is 512 g/mol.